The van der Waals surface area contributed by atoms with Crippen molar-refractivity contribution in [2.24, 2.45) is 10.8 Å². The molecule has 12 nitrogen and oxygen atoms in total. The fraction of sp³-hybridized carbons (Fsp3) is 0.426. The van der Waals surface area contributed by atoms with Crippen molar-refractivity contribution in [1.82, 2.24) is 30.7 Å². The second-order valence-electron chi connectivity index (χ2n) is 17.5. The molecule has 0 unspecified atom stereocenters. The van der Waals surface area contributed by atoms with Gasteiger partial charge in [-0.1, -0.05) is 133 Å². The molecule has 1 saturated heterocycles. The normalized spacial score (nSPS) is 15.8. The second kappa shape index (κ2) is 19.8. The van der Waals surface area contributed by atoms with Crippen LogP contribution in [-0.4, -0.2) is 94.3 Å². The Kier molecular flexibility index (Phi) is 14.9. The van der Waals surface area contributed by atoms with Crippen LogP contribution in [0.3, 0.4) is 0 Å². The lowest BCUT2D eigenvalue weighted by Crippen LogP contribution is -2.59. The topological polar surface area (TPSA) is 153 Å². The molecule has 12 heteroatoms. The lowest BCUT2D eigenvalue weighted by atomic mass is 9.84. The Hall–Kier alpha value is -5.75. The van der Waals surface area contributed by atoms with Crippen molar-refractivity contribution in [1.29, 1.82) is 0 Å². The average Bonchev–Trinajstić information content (AvgIpc) is 3.54. The van der Waals surface area contributed by atoms with Crippen molar-refractivity contribution < 1.29 is 29.0 Å². The summed E-state index contributed by atoms with van der Waals surface area (Å²) in [6.07, 6.45) is 0.555. The minimum atomic E-state index is -1.15. The largest absolute Gasteiger partial charge is 0.453 e. The molecule has 2 heterocycles. The van der Waals surface area contributed by atoms with Crippen LogP contribution in [0, 0.1) is 10.8 Å². The lowest BCUT2D eigenvalue weighted by Gasteiger charge is -2.38. The number of aromatic nitrogens is 1. The number of benzene rings is 3. The van der Waals surface area contributed by atoms with Crippen LogP contribution in [-0.2, 0) is 33.7 Å². The zero-order valence-corrected chi connectivity index (χ0v) is 35.4. The summed E-state index contributed by atoms with van der Waals surface area (Å²) in [4.78, 5) is 62.7. The molecule has 5 amide bonds. The van der Waals surface area contributed by atoms with Gasteiger partial charge in [0.2, 0.25) is 11.8 Å². The van der Waals surface area contributed by atoms with Crippen LogP contribution < -0.4 is 16.0 Å². The lowest BCUT2D eigenvalue weighted by molar-refractivity contribution is -0.130. The quantitative estimate of drug-likeness (QED) is 0.103. The summed E-state index contributed by atoms with van der Waals surface area (Å²) in [5.41, 5.74) is 3.23. The molecule has 0 radical (unpaired) electrons. The summed E-state index contributed by atoms with van der Waals surface area (Å²) < 4.78 is 4.84. The van der Waals surface area contributed by atoms with E-state index < -0.39 is 53.1 Å². The van der Waals surface area contributed by atoms with Gasteiger partial charge in [0.1, 0.15) is 12.1 Å². The molecule has 0 spiro atoms. The Morgan fingerprint density at radius 3 is 1.92 bits per heavy atom. The summed E-state index contributed by atoms with van der Waals surface area (Å²) in [5.74, 6) is -0.803. The van der Waals surface area contributed by atoms with Crippen LogP contribution in [0.4, 0.5) is 9.59 Å². The van der Waals surface area contributed by atoms with E-state index in [0.717, 1.165) is 27.9 Å². The fourth-order valence-corrected chi connectivity index (χ4v) is 7.62. The Balaban J connectivity index is 1.42. The minimum Gasteiger partial charge on any atom is -0.453 e. The number of nitrogens with zero attached hydrogens (tertiary/aromatic N) is 3. The zero-order valence-electron chi connectivity index (χ0n) is 35.4. The molecule has 0 bridgehead atoms. The molecule has 0 aliphatic carbocycles. The first-order valence-electron chi connectivity index (χ1n) is 20.3. The highest BCUT2D eigenvalue weighted by molar-refractivity contribution is 5.89. The zero-order chi connectivity index (χ0) is 42.7. The number of hydrogen-bond acceptors (Lipinski definition) is 7. The number of amides is 5. The van der Waals surface area contributed by atoms with E-state index in [1.54, 1.807) is 16.0 Å². The van der Waals surface area contributed by atoms with Crippen molar-refractivity contribution in [3.63, 3.8) is 0 Å². The molecule has 3 aromatic carbocycles. The average molecular weight is 805 g/mol. The number of rotatable bonds is 16. The van der Waals surface area contributed by atoms with E-state index in [1.807, 2.05) is 145 Å². The maximum atomic E-state index is 14.6. The molecule has 1 aliphatic rings. The molecular formula is C47H60N6O6. The summed E-state index contributed by atoms with van der Waals surface area (Å²) in [6.45, 7) is 12.7. The van der Waals surface area contributed by atoms with Gasteiger partial charge >= 0.3 is 12.1 Å². The number of pyridine rings is 1. The van der Waals surface area contributed by atoms with Crippen molar-refractivity contribution >= 4 is 23.9 Å². The van der Waals surface area contributed by atoms with Crippen LogP contribution in [0.15, 0.2) is 109 Å². The number of urea groups is 1. The molecule has 5 rings (SSSR count). The highest BCUT2D eigenvalue weighted by atomic mass is 16.5. The van der Waals surface area contributed by atoms with E-state index in [1.165, 1.54) is 7.11 Å². The Labute approximate surface area is 348 Å². The summed E-state index contributed by atoms with van der Waals surface area (Å²) >= 11 is 0. The summed E-state index contributed by atoms with van der Waals surface area (Å²) in [5, 5.41) is 21.1. The van der Waals surface area contributed by atoms with Crippen LogP contribution in [0.2, 0.25) is 0 Å². The molecule has 4 N–H and O–H groups in total. The number of ether oxygens (including phenoxy) is 1. The van der Waals surface area contributed by atoms with Gasteiger partial charge in [0.05, 0.1) is 24.9 Å². The molecule has 1 aliphatic heterocycles. The van der Waals surface area contributed by atoms with Crippen molar-refractivity contribution in [2.75, 3.05) is 20.2 Å². The molecule has 314 valence electrons. The third-order valence-corrected chi connectivity index (χ3v) is 10.7. The van der Waals surface area contributed by atoms with Gasteiger partial charge in [-0.05, 0) is 58.9 Å². The molecule has 5 atom stereocenters. The van der Waals surface area contributed by atoms with Crippen LogP contribution >= 0.6 is 0 Å². The monoisotopic (exact) mass is 804 g/mol. The number of methoxy groups -OCH3 is 1. The number of carbonyl (C=O) groups is 4. The molecule has 59 heavy (non-hydrogen) atoms. The maximum Gasteiger partial charge on any atom is 0.407 e. The Morgan fingerprint density at radius 1 is 0.729 bits per heavy atom. The Morgan fingerprint density at radius 2 is 1.34 bits per heavy atom. The standard InChI is InChI=1S/C47H60N6O6/c1-46(2,3)40(51-44(57)59-7)42(55)50-38(29-33-21-23-35(24-22-33)37-20-14-15-25-48-37)39(54)30-36(28-32-16-10-8-11-17-32)49-43(56)41(47(4,5)6)53-27-26-52(45(53)58)31-34-18-12-9-13-19-34/h8-25,36,38-41,54H,26-31H2,1-7H3,(H,49,56)(H,50,55)(H,51,57)/t36-,38-,39-,40+,41+/m0/s1. The van der Waals surface area contributed by atoms with Gasteiger partial charge in [0, 0.05) is 37.4 Å². The predicted molar refractivity (Wildman–Crippen MR) is 229 cm³/mol. The molecule has 0 saturated carbocycles. The van der Waals surface area contributed by atoms with Gasteiger partial charge in [-0.3, -0.25) is 14.6 Å². The summed E-state index contributed by atoms with van der Waals surface area (Å²) in [6, 6.07) is 29.6. The minimum absolute atomic E-state index is 0.0765. The van der Waals surface area contributed by atoms with Gasteiger partial charge in [0.25, 0.3) is 0 Å². The maximum absolute atomic E-state index is 14.6. The van der Waals surface area contributed by atoms with E-state index in [9.17, 15) is 24.3 Å². The molecule has 4 aromatic rings. The predicted octanol–water partition coefficient (Wildman–Crippen LogP) is 6.38. The number of aliphatic hydroxyl groups is 1. The third-order valence-electron chi connectivity index (χ3n) is 10.7. The number of carbonyl (C=O) groups excluding carboxylic acids is 4. The van der Waals surface area contributed by atoms with E-state index >= 15 is 0 Å². The smallest absolute Gasteiger partial charge is 0.407 e. The van der Waals surface area contributed by atoms with E-state index in [-0.39, 0.29) is 24.8 Å². The number of aliphatic hydroxyl groups excluding tert-OH is 1. The first kappa shape index (κ1) is 44.4. The third kappa shape index (κ3) is 12.4. The number of hydrogen-bond donors (Lipinski definition) is 4. The van der Waals surface area contributed by atoms with Gasteiger partial charge in [0.15, 0.2) is 0 Å². The van der Waals surface area contributed by atoms with E-state index in [4.69, 9.17) is 4.74 Å². The van der Waals surface area contributed by atoms with Gasteiger partial charge in [-0.25, -0.2) is 9.59 Å². The van der Waals surface area contributed by atoms with E-state index in [0.29, 0.717) is 26.1 Å². The van der Waals surface area contributed by atoms with Crippen molar-refractivity contribution in [2.45, 2.75) is 97.6 Å². The van der Waals surface area contributed by atoms with Crippen LogP contribution in [0.5, 0.6) is 0 Å². The first-order chi connectivity index (χ1) is 28.0. The van der Waals surface area contributed by atoms with Crippen LogP contribution in [0.25, 0.3) is 11.3 Å². The molecule has 1 aromatic heterocycles. The van der Waals surface area contributed by atoms with Gasteiger partial charge in [-0.2, -0.15) is 0 Å². The SMILES string of the molecule is COC(=O)N[C@H](C(=O)N[C@@H](Cc1ccc(-c2ccccn2)cc1)[C@@H](O)C[C@H](Cc1ccccc1)NC(=O)[C@@H](N1CCN(Cc2ccccc2)C1=O)C(C)(C)C)C(C)(C)C. The van der Waals surface area contributed by atoms with Crippen molar-refractivity contribution in [3.8, 4) is 11.3 Å². The summed E-state index contributed by atoms with van der Waals surface area (Å²) in [7, 11) is 1.24. The molecule has 1 fully saturated rings. The number of alkyl carbamates (subject to hydrolysis) is 1. The van der Waals surface area contributed by atoms with E-state index in [2.05, 4.69) is 20.9 Å². The highest BCUT2D eigenvalue weighted by Crippen LogP contribution is 2.29. The molecular weight excluding hydrogens is 745 g/mol. The number of nitrogens with one attached hydrogen (secondary N) is 3. The van der Waals surface area contributed by atoms with Crippen molar-refractivity contribution in [3.05, 3.63) is 126 Å². The fourth-order valence-electron chi connectivity index (χ4n) is 7.62. The first-order valence-corrected chi connectivity index (χ1v) is 20.3. The van der Waals surface area contributed by atoms with Crippen LogP contribution in [0.1, 0.15) is 64.7 Å². The van der Waals surface area contributed by atoms with Gasteiger partial charge < -0.3 is 35.6 Å². The van der Waals surface area contributed by atoms with Gasteiger partial charge in [-0.15, -0.1) is 0 Å². The Bertz CT molecular complexity index is 1980. The highest BCUT2D eigenvalue weighted by Gasteiger charge is 2.44. The second-order valence-corrected chi connectivity index (χ2v) is 17.5.